The van der Waals surface area contributed by atoms with Crippen molar-refractivity contribution in [3.63, 3.8) is 0 Å². The van der Waals surface area contributed by atoms with E-state index in [1.54, 1.807) is 24.5 Å². The lowest BCUT2D eigenvalue weighted by atomic mass is 10.1. The van der Waals surface area contributed by atoms with E-state index in [1.165, 1.54) is 12.1 Å². The van der Waals surface area contributed by atoms with E-state index >= 15 is 0 Å². The molecule has 2 aromatic rings. The van der Waals surface area contributed by atoms with Crippen LogP contribution >= 0.6 is 0 Å². The van der Waals surface area contributed by atoms with E-state index in [0.29, 0.717) is 56.4 Å². The van der Waals surface area contributed by atoms with Gasteiger partial charge >= 0.3 is 6.36 Å². The summed E-state index contributed by atoms with van der Waals surface area (Å²) in [6.45, 7) is 2.11. The summed E-state index contributed by atoms with van der Waals surface area (Å²) in [7, 11) is 0. The van der Waals surface area contributed by atoms with Crippen molar-refractivity contribution >= 4 is 5.91 Å². The molecule has 0 N–H and O–H groups in total. The van der Waals surface area contributed by atoms with Gasteiger partial charge in [-0.2, -0.15) is 0 Å². The molecule has 2 saturated heterocycles. The normalized spacial score (nSPS) is 23.8. The fourth-order valence-electron chi connectivity index (χ4n) is 4.61. The molecule has 3 aliphatic rings. The number of carbonyl (C=O) groups is 1. The van der Waals surface area contributed by atoms with E-state index in [1.807, 2.05) is 4.90 Å². The Balaban J connectivity index is 1.20. The van der Waals surface area contributed by atoms with E-state index in [9.17, 15) is 18.0 Å². The van der Waals surface area contributed by atoms with Gasteiger partial charge in [-0.05, 0) is 30.5 Å². The van der Waals surface area contributed by atoms with Gasteiger partial charge in [0.2, 0.25) is 11.8 Å². The molecule has 1 aromatic carbocycles. The number of benzene rings is 1. The predicted octanol–water partition coefficient (Wildman–Crippen LogP) is 3.51. The lowest BCUT2D eigenvalue weighted by molar-refractivity contribution is -0.274. The number of fused-ring (bicyclic) bond motifs is 1. The van der Waals surface area contributed by atoms with Crippen molar-refractivity contribution in [3.05, 3.63) is 47.9 Å². The van der Waals surface area contributed by atoms with Gasteiger partial charge < -0.3 is 14.4 Å². The number of hydrogen-bond donors (Lipinski definition) is 0. The average molecular weight is 462 g/mol. The van der Waals surface area contributed by atoms with Crippen LogP contribution in [-0.2, 0) is 11.3 Å². The highest BCUT2D eigenvalue weighted by Crippen LogP contribution is 2.38. The summed E-state index contributed by atoms with van der Waals surface area (Å²) >= 11 is 0. The maximum absolute atomic E-state index is 12.7. The molecule has 1 aromatic heterocycles. The first-order valence-corrected chi connectivity index (χ1v) is 11.2. The molecular weight excluding hydrogens is 437 g/mol. The van der Waals surface area contributed by atoms with Gasteiger partial charge in [0.05, 0.1) is 24.6 Å². The molecule has 3 fully saturated rings. The van der Waals surface area contributed by atoms with Crippen molar-refractivity contribution in [2.45, 2.75) is 56.7 Å². The molecule has 1 saturated carbocycles. The second-order valence-electron chi connectivity index (χ2n) is 8.91. The number of hydrogen-bond acceptors (Lipinski definition) is 6. The van der Waals surface area contributed by atoms with E-state index in [0.717, 1.165) is 18.5 Å². The molecule has 0 bridgehead atoms. The lowest BCUT2D eigenvalue weighted by Crippen LogP contribution is -2.38. The standard InChI is InChI=1S/C23H25F3N4O3/c24-23(25,26)33-18-3-1-2-15(8-18)12-29-7-6-22(31)30-14-19(9-17(30)13-29)32-21-11-27-20(10-28-21)16-4-5-16/h1-3,8,10-11,16-17,19H,4-7,9,12-14H2/t17-,19+/m1/s1. The van der Waals surface area contributed by atoms with Crippen LogP contribution in [0, 0.1) is 0 Å². The van der Waals surface area contributed by atoms with E-state index < -0.39 is 6.36 Å². The van der Waals surface area contributed by atoms with Crippen molar-refractivity contribution in [1.29, 1.82) is 0 Å². The first-order valence-electron chi connectivity index (χ1n) is 11.2. The third-order valence-corrected chi connectivity index (χ3v) is 6.28. The average Bonchev–Trinajstić information content (AvgIpc) is 3.54. The zero-order chi connectivity index (χ0) is 23.0. The predicted molar refractivity (Wildman–Crippen MR) is 112 cm³/mol. The molecule has 2 atom stereocenters. The van der Waals surface area contributed by atoms with Gasteiger partial charge in [-0.3, -0.25) is 14.7 Å². The number of carbonyl (C=O) groups excluding carboxylic acids is 1. The Kier molecular flexibility index (Phi) is 5.86. The molecule has 1 amide bonds. The van der Waals surface area contributed by atoms with Gasteiger partial charge in [0.15, 0.2) is 0 Å². The number of amides is 1. The molecule has 0 unspecified atom stereocenters. The van der Waals surface area contributed by atoms with Crippen molar-refractivity contribution in [1.82, 2.24) is 19.8 Å². The number of nitrogens with zero attached hydrogens (tertiary/aromatic N) is 4. The first kappa shape index (κ1) is 21.9. The maximum atomic E-state index is 12.7. The van der Waals surface area contributed by atoms with Gasteiger partial charge in [0.25, 0.3) is 0 Å². The third-order valence-electron chi connectivity index (χ3n) is 6.28. The smallest absolute Gasteiger partial charge is 0.471 e. The number of ether oxygens (including phenoxy) is 2. The van der Waals surface area contributed by atoms with Crippen LogP contribution in [0.3, 0.4) is 0 Å². The zero-order valence-corrected chi connectivity index (χ0v) is 18.0. The van der Waals surface area contributed by atoms with Gasteiger partial charge in [0, 0.05) is 44.4 Å². The van der Waals surface area contributed by atoms with Gasteiger partial charge in [0.1, 0.15) is 11.9 Å². The Morgan fingerprint density at radius 3 is 2.70 bits per heavy atom. The fourth-order valence-corrected chi connectivity index (χ4v) is 4.61. The SMILES string of the molecule is O=C1CCN(Cc2cccc(OC(F)(F)F)c2)C[C@H]2C[C@H](Oc3cnc(C4CC4)cn3)CN12. The van der Waals surface area contributed by atoms with Crippen LogP contribution in [0.5, 0.6) is 11.6 Å². The molecule has 7 nitrogen and oxygen atoms in total. The van der Waals surface area contributed by atoms with Crippen LogP contribution in [0.4, 0.5) is 13.2 Å². The molecule has 0 radical (unpaired) electrons. The Labute approximate surface area is 189 Å². The molecule has 33 heavy (non-hydrogen) atoms. The molecule has 10 heteroatoms. The summed E-state index contributed by atoms with van der Waals surface area (Å²) in [5, 5.41) is 0. The van der Waals surface area contributed by atoms with Crippen LogP contribution in [0.2, 0.25) is 0 Å². The van der Waals surface area contributed by atoms with Crippen molar-refractivity contribution < 1.29 is 27.4 Å². The lowest BCUT2D eigenvalue weighted by Gasteiger charge is -2.25. The summed E-state index contributed by atoms with van der Waals surface area (Å²) in [5.41, 5.74) is 1.70. The van der Waals surface area contributed by atoms with Crippen LogP contribution in [0.1, 0.15) is 42.9 Å². The highest BCUT2D eigenvalue weighted by atomic mass is 19.4. The maximum Gasteiger partial charge on any atom is 0.573 e. The minimum Gasteiger partial charge on any atom is -0.471 e. The summed E-state index contributed by atoms with van der Waals surface area (Å²) < 4.78 is 47.6. The summed E-state index contributed by atoms with van der Waals surface area (Å²) in [6.07, 6.45) is 1.88. The summed E-state index contributed by atoms with van der Waals surface area (Å²) in [4.78, 5) is 25.5. The first-order chi connectivity index (χ1) is 15.8. The minimum absolute atomic E-state index is 0.0155. The quantitative estimate of drug-likeness (QED) is 0.655. The minimum atomic E-state index is -4.73. The number of alkyl halides is 3. The third kappa shape index (κ3) is 5.55. The highest BCUT2D eigenvalue weighted by Gasteiger charge is 2.39. The Bertz CT molecular complexity index is 997. The molecule has 3 heterocycles. The number of rotatable bonds is 6. The second kappa shape index (κ2) is 8.81. The van der Waals surface area contributed by atoms with E-state index in [2.05, 4.69) is 19.6 Å². The largest absolute Gasteiger partial charge is 0.573 e. The van der Waals surface area contributed by atoms with Gasteiger partial charge in [-0.1, -0.05) is 12.1 Å². The van der Waals surface area contributed by atoms with Crippen LogP contribution in [0.25, 0.3) is 0 Å². The molecule has 5 rings (SSSR count). The molecule has 1 aliphatic carbocycles. The van der Waals surface area contributed by atoms with Crippen LogP contribution < -0.4 is 9.47 Å². The van der Waals surface area contributed by atoms with Gasteiger partial charge in [-0.15, -0.1) is 13.2 Å². The number of aromatic nitrogens is 2. The summed E-state index contributed by atoms with van der Waals surface area (Å²) in [5.74, 6) is 0.821. The molecular formula is C23H25F3N4O3. The second-order valence-corrected chi connectivity index (χ2v) is 8.91. The Morgan fingerprint density at radius 1 is 1.12 bits per heavy atom. The zero-order valence-electron chi connectivity index (χ0n) is 18.0. The van der Waals surface area contributed by atoms with Crippen molar-refractivity contribution in [3.8, 4) is 11.6 Å². The van der Waals surface area contributed by atoms with E-state index in [-0.39, 0.29) is 23.8 Å². The molecule has 0 spiro atoms. The van der Waals surface area contributed by atoms with Crippen molar-refractivity contribution in [2.24, 2.45) is 0 Å². The van der Waals surface area contributed by atoms with Crippen LogP contribution in [0.15, 0.2) is 36.7 Å². The number of halogens is 3. The Morgan fingerprint density at radius 2 is 1.97 bits per heavy atom. The van der Waals surface area contributed by atoms with Crippen LogP contribution in [-0.4, -0.2) is 63.8 Å². The summed E-state index contributed by atoms with van der Waals surface area (Å²) in [6, 6.07) is 5.96. The Hall–Kier alpha value is -2.88. The highest BCUT2D eigenvalue weighted by molar-refractivity contribution is 5.77. The molecule has 176 valence electrons. The molecule has 2 aliphatic heterocycles. The van der Waals surface area contributed by atoms with E-state index in [4.69, 9.17) is 4.74 Å². The van der Waals surface area contributed by atoms with Crippen molar-refractivity contribution in [2.75, 3.05) is 19.6 Å². The fraction of sp³-hybridized carbons (Fsp3) is 0.522. The monoisotopic (exact) mass is 462 g/mol. The topological polar surface area (TPSA) is 67.8 Å². The van der Waals surface area contributed by atoms with Gasteiger partial charge in [-0.25, -0.2) is 4.98 Å².